The largest absolute Gasteiger partial charge is 0.488 e. The summed E-state index contributed by atoms with van der Waals surface area (Å²) < 4.78 is 17.4. The number of nitrogens with zero attached hydrogens (tertiary/aromatic N) is 2. The van der Waals surface area contributed by atoms with Crippen molar-refractivity contribution >= 4 is 29.3 Å². The lowest BCUT2D eigenvalue weighted by atomic mass is 10.1. The van der Waals surface area contributed by atoms with Crippen molar-refractivity contribution in [2.45, 2.75) is 51.3 Å². The number of nitrogens with one attached hydrogen (secondary N) is 3. The Morgan fingerprint density at radius 1 is 1.43 bits per heavy atom. The highest BCUT2D eigenvalue weighted by atomic mass is 35.5. The summed E-state index contributed by atoms with van der Waals surface area (Å²) in [5.41, 5.74) is 2.51. The van der Waals surface area contributed by atoms with Gasteiger partial charge in [-0.1, -0.05) is 11.6 Å². The summed E-state index contributed by atoms with van der Waals surface area (Å²) in [5.74, 6) is 0.373. The Hall–Kier alpha value is -2.98. The van der Waals surface area contributed by atoms with E-state index in [0.29, 0.717) is 55.4 Å². The van der Waals surface area contributed by atoms with Crippen molar-refractivity contribution in [1.29, 1.82) is 0 Å². The van der Waals surface area contributed by atoms with Crippen molar-refractivity contribution in [3.8, 4) is 17.0 Å². The van der Waals surface area contributed by atoms with Crippen LogP contribution in [0, 0.1) is 0 Å². The molecule has 2 aliphatic heterocycles. The van der Waals surface area contributed by atoms with Crippen molar-refractivity contribution in [3.63, 3.8) is 0 Å². The Morgan fingerprint density at radius 2 is 2.23 bits per heavy atom. The number of amides is 2. The first kappa shape index (κ1) is 25.1. The van der Waals surface area contributed by atoms with Crippen molar-refractivity contribution in [1.82, 2.24) is 20.2 Å². The number of alkyl halides is 1. The van der Waals surface area contributed by atoms with Crippen LogP contribution in [0.25, 0.3) is 11.3 Å². The molecule has 1 unspecified atom stereocenters. The van der Waals surface area contributed by atoms with Gasteiger partial charge < -0.3 is 34.7 Å². The standard InChI is InChI=1S/C24H32ClN5O5/c1-14(25)28-21-19-17(6-8-27-22(19)31)29-20(21)16-5-7-26-11-18(16)34-13-15-12-30(9-10-33-15)23(32)35-24(2,3)4/h5,7,11,14-15,28-29H,6,8-10,12-13H2,1-4H3,(H,27,31)/t14?,15-/m1/s1. The number of rotatable bonds is 6. The molecule has 35 heavy (non-hydrogen) atoms. The second-order valence-electron chi connectivity index (χ2n) is 9.60. The fourth-order valence-corrected chi connectivity index (χ4v) is 4.23. The lowest BCUT2D eigenvalue weighted by Gasteiger charge is -2.34. The first-order valence-electron chi connectivity index (χ1n) is 11.7. The Balaban J connectivity index is 1.53. The number of ether oxygens (including phenoxy) is 3. The van der Waals surface area contributed by atoms with Crippen molar-refractivity contribution in [2.24, 2.45) is 0 Å². The normalized spacial score (nSPS) is 18.9. The molecule has 2 aromatic rings. The van der Waals surface area contributed by atoms with E-state index >= 15 is 0 Å². The average Bonchev–Trinajstić information content (AvgIpc) is 3.15. The third-order valence-electron chi connectivity index (χ3n) is 5.58. The van der Waals surface area contributed by atoms with Crippen LogP contribution < -0.4 is 15.4 Å². The van der Waals surface area contributed by atoms with Crippen LogP contribution in [0.3, 0.4) is 0 Å². The van der Waals surface area contributed by atoms with E-state index in [0.717, 1.165) is 11.3 Å². The maximum atomic E-state index is 12.6. The van der Waals surface area contributed by atoms with Gasteiger partial charge >= 0.3 is 6.09 Å². The number of hydrogen-bond acceptors (Lipinski definition) is 7. The molecule has 0 radical (unpaired) electrons. The highest BCUT2D eigenvalue weighted by Crippen LogP contribution is 2.39. The lowest BCUT2D eigenvalue weighted by Crippen LogP contribution is -2.49. The van der Waals surface area contributed by atoms with Crippen LogP contribution in [0.5, 0.6) is 5.75 Å². The van der Waals surface area contributed by atoms with Crippen LogP contribution in [0.15, 0.2) is 18.5 Å². The number of carbonyl (C=O) groups excluding carboxylic acids is 2. The van der Waals surface area contributed by atoms with Gasteiger partial charge in [0.2, 0.25) is 0 Å². The molecule has 2 aromatic heterocycles. The number of aromatic amines is 1. The molecule has 0 aliphatic carbocycles. The van der Waals surface area contributed by atoms with E-state index in [2.05, 4.69) is 20.6 Å². The van der Waals surface area contributed by atoms with Gasteiger partial charge in [0.15, 0.2) is 0 Å². The molecule has 0 spiro atoms. The topological polar surface area (TPSA) is 118 Å². The Labute approximate surface area is 209 Å². The molecular formula is C24H32ClN5O5. The molecule has 190 valence electrons. The number of morpholine rings is 1. The van der Waals surface area contributed by atoms with E-state index < -0.39 is 11.1 Å². The molecule has 0 aromatic carbocycles. The summed E-state index contributed by atoms with van der Waals surface area (Å²) in [6.07, 6.45) is 3.28. The summed E-state index contributed by atoms with van der Waals surface area (Å²) >= 11 is 6.24. The van der Waals surface area contributed by atoms with Gasteiger partial charge in [-0.2, -0.15) is 0 Å². The van der Waals surface area contributed by atoms with E-state index in [1.165, 1.54) is 0 Å². The zero-order valence-electron chi connectivity index (χ0n) is 20.4. The monoisotopic (exact) mass is 505 g/mol. The fraction of sp³-hybridized carbons (Fsp3) is 0.542. The molecule has 0 saturated carbocycles. The summed E-state index contributed by atoms with van der Waals surface area (Å²) in [7, 11) is 0. The van der Waals surface area contributed by atoms with Crippen molar-refractivity contribution in [3.05, 3.63) is 29.7 Å². The highest BCUT2D eigenvalue weighted by molar-refractivity contribution is 6.22. The van der Waals surface area contributed by atoms with E-state index in [1.54, 1.807) is 24.2 Å². The molecule has 1 saturated heterocycles. The molecule has 2 aliphatic rings. The van der Waals surface area contributed by atoms with E-state index in [-0.39, 0.29) is 24.7 Å². The maximum absolute atomic E-state index is 12.6. The van der Waals surface area contributed by atoms with Crippen LogP contribution in [0.4, 0.5) is 10.5 Å². The number of aromatic nitrogens is 2. The first-order valence-corrected chi connectivity index (χ1v) is 12.2. The number of hydrogen-bond donors (Lipinski definition) is 3. The number of pyridine rings is 1. The van der Waals surface area contributed by atoms with Gasteiger partial charge in [0.1, 0.15) is 24.1 Å². The molecule has 3 N–H and O–H groups in total. The SMILES string of the molecule is CC(Cl)Nc1c(-c2ccncc2OC[C@H]2CN(C(=O)OC(C)(C)C)CCO2)[nH]c2c1C(=O)NCC2. The van der Waals surface area contributed by atoms with Crippen LogP contribution in [-0.2, 0) is 15.9 Å². The second-order valence-corrected chi connectivity index (χ2v) is 10.3. The predicted octanol–water partition coefficient (Wildman–Crippen LogP) is 3.37. The molecule has 1 fully saturated rings. The minimum Gasteiger partial charge on any atom is -0.488 e. The van der Waals surface area contributed by atoms with Crippen LogP contribution >= 0.6 is 11.6 Å². The molecule has 0 bridgehead atoms. The van der Waals surface area contributed by atoms with Crippen LogP contribution in [0.2, 0.25) is 0 Å². The quantitative estimate of drug-likeness (QED) is 0.407. The third kappa shape index (κ3) is 5.99. The number of carbonyl (C=O) groups is 2. The van der Waals surface area contributed by atoms with Gasteiger partial charge in [0, 0.05) is 37.0 Å². The van der Waals surface area contributed by atoms with E-state index in [1.807, 2.05) is 26.8 Å². The summed E-state index contributed by atoms with van der Waals surface area (Å²) in [5, 5.41) is 6.08. The number of fused-ring (bicyclic) bond motifs is 1. The van der Waals surface area contributed by atoms with Gasteiger partial charge in [-0.25, -0.2) is 4.79 Å². The number of H-pyrrole nitrogens is 1. The summed E-state index contributed by atoms with van der Waals surface area (Å²) in [6, 6.07) is 1.82. The summed E-state index contributed by atoms with van der Waals surface area (Å²) in [6.45, 7) is 9.31. The average molecular weight is 506 g/mol. The molecular weight excluding hydrogens is 474 g/mol. The molecule has 4 rings (SSSR count). The third-order valence-corrected chi connectivity index (χ3v) is 5.69. The Bertz CT molecular complexity index is 1080. The van der Waals surface area contributed by atoms with Crippen LogP contribution in [0.1, 0.15) is 43.7 Å². The fourth-order valence-electron chi connectivity index (χ4n) is 4.12. The van der Waals surface area contributed by atoms with Gasteiger partial charge in [0.25, 0.3) is 5.91 Å². The molecule has 2 atom stereocenters. The summed E-state index contributed by atoms with van der Waals surface area (Å²) in [4.78, 5) is 34.3. The van der Waals surface area contributed by atoms with Gasteiger partial charge in [-0.3, -0.25) is 9.78 Å². The zero-order chi connectivity index (χ0) is 25.2. The van der Waals surface area contributed by atoms with E-state index in [4.69, 9.17) is 25.8 Å². The van der Waals surface area contributed by atoms with Crippen LogP contribution in [-0.4, -0.2) is 76.9 Å². The van der Waals surface area contributed by atoms with E-state index in [9.17, 15) is 9.59 Å². The smallest absolute Gasteiger partial charge is 0.410 e. The Morgan fingerprint density at radius 3 is 2.97 bits per heavy atom. The minimum atomic E-state index is -0.565. The first-order chi connectivity index (χ1) is 16.6. The number of halogens is 1. The van der Waals surface area contributed by atoms with Gasteiger partial charge in [-0.15, -0.1) is 0 Å². The van der Waals surface area contributed by atoms with Crippen molar-refractivity contribution in [2.75, 3.05) is 38.2 Å². The minimum absolute atomic E-state index is 0.150. The lowest BCUT2D eigenvalue weighted by molar-refractivity contribution is -0.0556. The molecule has 4 heterocycles. The zero-order valence-corrected chi connectivity index (χ0v) is 21.2. The number of anilines is 1. The Kier molecular flexibility index (Phi) is 7.42. The molecule has 11 heteroatoms. The maximum Gasteiger partial charge on any atom is 0.410 e. The predicted molar refractivity (Wildman–Crippen MR) is 132 cm³/mol. The van der Waals surface area contributed by atoms with Gasteiger partial charge in [0.05, 0.1) is 41.8 Å². The van der Waals surface area contributed by atoms with Crippen molar-refractivity contribution < 1.29 is 23.8 Å². The molecule has 2 amide bonds. The highest BCUT2D eigenvalue weighted by Gasteiger charge is 2.30. The second kappa shape index (κ2) is 10.3. The molecule has 10 nitrogen and oxygen atoms in total. The van der Waals surface area contributed by atoms with Gasteiger partial charge in [-0.05, 0) is 33.8 Å².